The van der Waals surface area contributed by atoms with Crippen LogP contribution in [0.25, 0.3) is 0 Å². The molecule has 1 aliphatic carbocycles. The van der Waals surface area contributed by atoms with Crippen molar-refractivity contribution in [3.8, 4) is 0 Å². The van der Waals surface area contributed by atoms with Crippen molar-refractivity contribution in [3.63, 3.8) is 0 Å². The first-order chi connectivity index (χ1) is 19.5. The lowest BCUT2D eigenvalue weighted by Crippen LogP contribution is -2.44. The van der Waals surface area contributed by atoms with Crippen molar-refractivity contribution >= 4 is 23.5 Å². The third-order valence-electron chi connectivity index (χ3n) is 7.29. The van der Waals surface area contributed by atoms with Crippen LogP contribution in [0.1, 0.15) is 65.1 Å². The molecule has 3 aromatic rings. The molecular weight excluding hydrogens is 504 g/mol. The molecule has 0 unspecified atom stereocenters. The molecule has 0 atom stereocenters. The van der Waals surface area contributed by atoms with E-state index in [9.17, 15) is 9.59 Å². The van der Waals surface area contributed by atoms with Crippen molar-refractivity contribution in [2.75, 3.05) is 18.6 Å². The number of hydrogen-bond acceptors (Lipinski definition) is 7. The molecule has 0 aromatic heterocycles. The lowest BCUT2D eigenvalue weighted by atomic mass is 9.84. The number of guanidine groups is 1. The molecule has 0 radical (unpaired) electrons. The summed E-state index contributed by atoms with van der Waals surface area (Å²) in [5.74, 6) is 0.516. The van der Waals surface area contributed by atoms with E-state index in [1.165, 1.54) is 42.8 Å². The highest BCUT2D eigenvalue weighted by molar-refractivity contribution is 6.05. The first kappa shape index (κ1) is 27.4. The quantitative estimate of drug-likeness (QED) is 0.371. The third kappa shape index (κ3) is 7.25. The summed E-state index contributed by atoms with van der Waals surface area (Å²) < 4.78 is 5.79. The van der Waals surface area contributed by atoms with Crippen LogP contribution in [-0.2, 0) is 22.7 Å². The van der Waals surface area contributed by atoms with Gasteiger partial charge in [-0.05, 0) is 59.7 Å². The van der Waals surface area contributed by atoms with Gasteiger partial charge in [0.15, 0.2) is 0 Å². The van der Waals surface area contributed by atoms with E-state index in [1.807, 2.05) is 54.6 Å². The number of benzene rings is 3. The minimum atomic E-state index is -0.282. The van der Waals surface area contributed by atoms with Gasteiger partial charge in [0.2, 0.25) is 5.96 Å². The van der Waals surface area contributed by atoms with Gasteiger partial charge in [0, 0.05) is 18.3 Å². The van der Waals surface area contributed by atoms with Crippen LogP contribution in [0.4, 0.5) is 5.69 Å². The van der Waals surface area contributed by atoms with Crippen LogP contribution in [-0.4, -0.2) is 36.5 Å². The molecular formula is C31H36N6O3. The normalized spacial score (nSPS) is 15.6. The van der Waals surface area contributed by atoms with Crippen molar-refractivity contribution in [1.82, 2.24) is 21.4 Å². The van der Waals surface area contributed by atoms with Gasteiger partial charge in [-0.25, -0.2) is 5.53 Å². The van der Waals surface area contributed by atoms with Gasteiger partial charge in [-0.15, -0.1) is 10.2 Å². The topological polar surface area (TPSA) is 98.3 Å². The Morgan fingerprint density at radius 3 is 2.35 bits per heavy atom. The molecule has 9 nitrogen and oxygen atoms in total. The number of hydrazone groups is 1. The summed E-state index contributed by atoms with van der Waals surface area (Å²) in [6.07, 6.45) is 6.34. The average molecular weight is 541 g/mol. The molecule has 1 fully saturated rings. The van der Waals surface area contributed by atoms with E-state index in [0.717, 1.165) is 16.8 Å². The van der Waals surface area contributed by atoms with Crippen LogP contribution in [0.15, 0.2) is 84.0 Å². The van der Waals surface area contributed by atoms with Crippen LogP contribution < -0.4 is 21.2 Å². The first-order valence-electron chi connectivity index (χ1n) is 13.8. The van der Waals surface area contributed by atoms with E-state index < -0.39 is 0 Å². The maximum Gasteiger partial charge on any atom is 0.258 e. The van der Waals surface area contributed by atoms with E-state index in [1.54, 1.807) is 24.1 Å². The number of hydrazine groups is 2. The van der Waals surface area contributed by atoms with Crippen molar-refractivity contribution in [3.05, 3.63) is 101 Å². The minimum absolute atomic E-state index is 0.0304. The predicted octanol–water partition coefficient (Wildman–Crippen LogP) is 4.44. The van der Waals surface area contributed by atoms with E-state index in [2.05, 4.69) is 33.5 Å². The first-order valence-corrected chi connectivity index (χ1v) is 13.8. The van der Waals surface area contributed by atoms with Gasteiger partial charge in [0.1, 0.15) is 6.61 Å². The zero-order chi connectivity index (χ0) is 27.7. The molecule has 1 aliphatic heterocycles. The molecule has 3 aromatic carbocycles. The zero-order valence-corrected chi connectivity index (χ0v) is 22.8. The van der Waals surface area contributed by atoms with Crippen molar-refractivity contribution < 1.29 is 14.3 Å². The molecule has 0 bridgehead atoms. The fraction of sp³-hybridized carbons (Fsp3) is 0.323. The van der Waals surface area contributed by atoms with Crippen LogP contribution >= 0.6 is 0 Å². The number of amides is 2. The van der Waals surface area contributed by atoms with Gasteiger partial charge in [-0.2, -0.15) is 0 Å². The Bertz CT molecular complexity index is 1310. The van der Waals surface area contributed by atoms with Crippen LogP contribution in [0.2, 0.25) is 0 Å². The Morgan fingerprint density at radius 1 is 0.950 bits per heavy atom. The molecule has 2 aliphatic rings. The van der Waals surface area contributed by atoms with Crippen LogP contribution in [0.3, 0.4) is 0 Å². The summed E-state index contributed by atoms with van der Waals surface area (Å²) in [5.41, 5.74) is 10.1. The molecule has 2 amide bonds. The number of anilines is 1. The SMILES string of the molecule is CN1NN=C(NC(=O)c2ccc(CN(C(=O)COCc3ccccc3)c3ccc(C4CCCCC4)cc3)cc2)N1. The predicted molar refractivity (Wildman–Crippen MR) is 155 cm³/mol. The highest BCUT2D eigenvalue weighted by Gasteiger charge is 2.20. The highest BCUT2D eigenvalue weighted by Crippen LogP contribution is 2.33. The summed E-state index contributed by atoms with van der Waals surface area (Å²) in [7, 11) is 1.74. The second-order valence-corrected chi connectivity index (χ2v) is 10.3. The van der Waals surface area contributed by atoms with Crippen molar-refractivity contribution in [1.29, 1.82) is 0 Å². The summed E-state index contributed by atoms with van der Waals surface area (Å²) >= 11 is 0. The van der Waals surface area contributed by atoms with Crippen molar-refractivity contribution in [2.45, 2.75) is 51.2 Å². The third-order valence-corrected chi connectivity index (χ3v) is 7.29. The standard InChI is InChI=1S/C31H36N6O3/c1-36-34-31(33-35-36)32-30(39)27-14-12-23(13-15-27)20-37(29(38)22-40-21-24-8-4-2-5-9-24)28-18-16-26(17-19-28)25-10-6-3-7-11-25/h2,4-5,8-9,12-19,25,35H,3,6-7,10-11,20-22H2,1H3,(H2,32,33,34,39). The summed E-state index contributed by atoms with van der Waals surface area (Å²) in [5, 5.41) is 8.20. The lowest BCUT2D eigenvalue weighted by molar-refractivity contribution is -0.123. The number of carbonyl (C=O) groups excluding carboxylic acids is 2. The summed E-state index contributed by atoms with van der Waals surface area (Å²) in [6.45, 7) is 0.703. The lowest BCUT2D eigenvalue weighted by Gasteiger charge is -2.25. The molecule has 208 valence electrons. The fourth-order valence-electron chi connectivity index (χ4n) is 5.11. The number of nitrogens with one attached hydrogen (secondary N) is 3. The molecule has 1 saturated carbocycles. The van der Waals surface area contributed by atoms with E-state index >= 15 is 0 Å². The van der Waals surface area contributed by atoms with Gasteiger partial charge < -0.3 is 9.64 Å². The zero-order valence-electron chi connectivity index (χ0n) is 22.8. The maximum atomic E-state index is 13.4. The van der Waals surface area contributed by atoms with Crippen LogP contribution in [0.5, 0.6) is 0 Å². The number of rotatable bonds is 9. The average Bonchev–Trinajstić information content (AvgIpc) is 3.41. The van der Waals surface area contributed by atoms with Gasteiger partial charge in [-0.3, -0.25) is 20.3 Å². The molecule has 9 heteroatoms. The van der Waals surface area contributed by atoms with Gasteiger partial charge in [-0.1, -0.05) is 73.9 Å². The maximum absolute atomic E-state index is 13.4. The largest absolute Gasteiger partial charge is 0.367 e. The smallest absolute Gasteiger partial charge is 0.258 e. The molecule has 5 rings (SSSR count). The Labute approximate surface area is 235 Å². The van der Waals surface area contributed by atoms with E-state index in [4.69, 9.17) is 4.74 Å². The minimum Gasteiger partial charge on any atom is -0.367 e. The fourth-order valence-corrected chi connectivity index (χ4v) is 5.11. The Balaban J connectivity index is 1.27. The van der Waals surface area contributed by atoms with Gasteiger partial charge in [0.25, 0.3) is 11.8 Å². The monoisotopic (exact) mass is 540 g/mol. The molecule has 0 saturated heterocycles. The number of ether oxygens (including phenoxy) is 1. The Morgan fingerprint density at radius 2 is 1.68 bits per heavy atom. The van der Waals surface area contributed by atoms with E-state index in [-0.39, 0.29) is 18.4 Å². The number of carbonyl (C=O) groups is 2. The van der Waals surface area contributed by atoms with Crippen molar-refractivity contribution in [2.24, 2.45) is 5.10 Å². The Hall–Kier alpha value is -4.21. The Kier molecular flexibility index (Phi) is 9.05. The highest BCUT2D eigenvalue weighted by atomic mass is 16.5. The molecule has 0 spiro atoms. The van der Waals surface area contributed by atoms with Crippen LogP contribution in [0, 0.1) is 0 Å². The number of hydrogen-bond donors (Lipinski definition) is 3. The summed E-state index contributed by atoms with van der Waals surface area (Å²) in [4.78, 5) is 27.8. The molecule has 1 heterocycles. The van der Waals surface area contributed by atoms with Gasteiger partial charge in [0.05, 0.1) is 13.2 Å². The second kappa shape index (κ2) is 13.2. The summed E-state index contributed by atoms with van der Waals surface area (Å²) in [6, 6.07) is 25.5. The molecule has 3 N–H and O–H groups in total. The second-order valence-electron chi connectivity index (χ2n) is 10.3. The number of nitrogens with zero attached hydrogens (tertiary/aromatic N) is 3. The van der Waals surface area contributed by atoms with E-state index in [0.29, 0.717) is 30.6 Å². The van der Waals surface area contributed by atoms with Gasteiger partial charge >= 0.3 is 0 Å². The molecule has 40 heavy (non-hydrogen) atoms.